The number of carbonyl (C=O) groups excluding carboxylic acids is 2. The minimum atomic E-state index is -0.231. The first-order valence-electron chi connectivity index (χ1n) is 6.21. The topological polar surface area (TPSA) is 70.2 Å². The first kappa shape index (κ1) is 15.3. The predicted molar refractivity (Wildman–Crippen MR) is 84.8 cm³/mol. The van der Waals surface area contributed by atoms with Crippen LogP contribution in [0.4, 0.5) is 5.69 Å². The second kappa shape index (κ2) is 7.10. The highest BCUT2D eigenvalue weighted by Gasteiger charge is 2.22. The molecule has 1 aliphatic rings. The second-order valence-corrected chi connectivity index (χ2v) is 6.44. The van der Waals surface area contributed by atoms with Crippen molar-refractivity contribution in [2.45, 2.75) is 13.0 Å². The van der Waals surface area contributed by atoms with E-state index in [0.717, 1.165) is 27.4 Å². The molecule has 0 aliphatic carbocycles. The SMILES string of the molecule is Cc1ccc(Br)cc1NC(=O)CNC(=O)C1CSCN1. The van der Waals surface area contributed by atoms with Crippen LogP contribution in [0.5, 0.6) is 0 Å². The highest BCUT2D eigenvalue weighted by molar-refractivity contribution is 9.10. The van der Waals surface area contributed by atoms with Crippen LogP contribution in [0.1, 0.15) is 5.56 Å². The summed E-state index contributed by atoms with van der Waals surface area (Å²) in [5.41, 5.74) is 1.72. The zero-order chi connectivity index (χ0) is 14.5. The molecule has 2 amide bonds. The first-order chi connectivity index (χ1) is 9.56. The Morgan fingerprint density at radius 2 is 2.30 bits per heavy atom. The summed E-state index contributed by atoms with van der Waals surface area (Å²) in [5, 5.41) is 8.49. The lowest BCUT2D eigenvalue weighted by Crippen LogP contribution is -2.44. The summed E-state index contributed by atoms with van der Waals surface area (Å²) >= 11 is 5.03. The van der Waals surface area contributed by atoms with Crippen molar-refractivity contribution in [2.24, 2.45) is 0 Å². The number of hydrogen-bond donors (Lipinski definition) is 3. The van der Waals surface area contributed by atoms with Gasteiger partial charge in [0.2, 0.25) is 11.8 Å². The van der Waals surface area contributed by atoms with Gasteiger partial charge in [-0.25, -0.2) is 0 Å². The van der Waals surface area contributed by atoms with Crippen molar-refractivity contribution in [1.82, 2.24) is 10.6 Å². The zero-order valence-electron chi connectivity index (χ0n) is 11.0. The number of rotatable bonds is 4. The van der Waals surface area contributed by atoms with Crippen molar-refractivity contribution < 1.29 is 9.59 Å². The number of hydrogen-bond acceptors (Lipinski definition) is 4. The first-order valence-corrected chi connectivity index (χ1v) is 8.16. The molecule has 0 radical (unpaired) electrons. The molecule has 108 valence electrons. The van der Waals surface area contributed by atoms with E-state index in [4.69, 9.17) is 0 Å². The van der Waals surface area contributed by atoms with Crippen LogP contribution < -0.4 is 16.0 Å². The third kappa shape index (κ3) is 4.22. The van der Waals surface area contributed by atoms with Gasteiger partial charge in [-0.05, 0) is 24.6 Å². The van der Waals surface area contributed by atoms with E-state index in [0.29, 0.717) is 0 Å². The van der Waals surface area contributed by atoms with Gasteiger partial charge in [0.1, 0.15) is 0 Å². The summed E-state index contributed by atoms with van der Waals surface area (Å²) in [6.07, 6.45) is 0. The normalized spacial score (nSPS) is 17.8. The lowest BCUT2D eigenvalue weighted by Gasteiger charge is -2.12. The van der Waals surface area contributed by atoms with E-state index in [-0.39, 0.29) is 24.4 Å². The van der Waals surface area contributed by atoms with Crippen molar-refractivity contribution in [3.8, 4) is 0 Å². The second-order valence-electron chi connectivity index (χ2n) is 4.50. The molecule has 0 aromatic heterocycles. The molecule has 1 aromatic carbocycles. The molecule has 1 saturated heterocycles. The van der Waals surface area contributed by atoms with Crippen LogP contribution in [0.25, 0.3) is 0 Å². The fourth-order valence-corrected chi connectivity index (χ4v) is 3.08. The molecule has 1 aromatic rings. The Morgan fingerprint density at radius 1 is 1.50 bits per heavy atom. The Bertz CT molecular complexity index is 518. The maximum atomic E-state index is 11.8. The monoisotopic (exact) mass is 357 g/mol. The third-order valence-corrected chi connectivity index (χ3v) is 4.36. The molecular formula is C13H16BrN3O2S. The minimum absolute atomic E-state index is 0.0202. The van der Waals surface area contributed by atoms with Gasteiger partial charge in [0.05, 0.1) is 12.6 Å². The summed E-state index contributed by atoms with van der Waals surface area (Å²) < 4.78 is 0.898. The summed E-state index contributed by atoms with van der Waals surface area (Å²) in [5.74, 6) is 1.17. The molecule has 7 heteroatoms. The van der Waals surface area contributed by atoms with Crippen LogP contribution in [-0.4, -0.2) is 36.0 Å². The number of amides is 2. The Morgan fingerprint density at radius 3 is 3.00 bits per heavy atom. The van der Waals surface area contributed by atoms with Crippen molar-refractivity contribution in [3.63, 3.8) is 0 Å². The number of carbonyl (C=O) groups is 2. The van der Waals surface area contributed by atoms with Crippen LogP contribution in [0.15, 0.2) is 22.7 Å². The molecular weight excluding hydrogens is 342 g/mol. The Kier molecular flexibility index (Phi) is 5.45. The third-order valence-electron chi connectivity index (χ3n) is 2.93. The molecule has 0 spiro atoms. The number of halogens is 1. The van der Waals surface area contributed by atoms with E-state index in [9.17, 15) is 9.59 Å². The van der Waals surface area contributed by atoms with Crippen molar-refractivity contribution in [3.05, 3.63) is 28.2 Å². The molecule has 20 heavy (non-hydrogen) atoms. The molecule has 0 saturated carbocycles. The Labute approximate surface area is 130 Å². The lowest BCUT2D eigenvalue weighted by molar-refractivity contribution is -0.125. The quantitative estimate of drug-likeness (QED) is 0.763. The standard InChI is InChI=1S/C13H16BrN3O2S/c1-8-2-3-9(14)4-10(8)17-12(18)5-15-13(19)11-6-20-7-16-11/h2-4,11,16H,5-7H2,1H3,(H,15,19)(H,17,18). The molecule has 5 nitrogen and oxygen atoms in total. The number of nitrogens with one attached hydrogen (secondary N) is 3. The van der Waals surface area contributed by atoms with E-state index >= 15 is 0 Å². The van der Waals surface area contributed by atoms with Gasteiger partial charge in [0.25, 0.3) is 0 Å². The fraction of sp³-hybridized carbons (Fsp3) is 0.385. The molecule has 1 fully saturated rings. The van der Waals surface area contributed by atoms with E-state index < -0.39 is 0 Å². The minimum Gasteiger partial charge on any atom is -0.346 e. The van der Waals surface area contributed by atoms with Crippen molar-refractivity contribution in [1.29, 1.82) is 0 Å². The Hall–Kier alpha value is -1.05. The van der Waals surface area contributed by atoms with Crippen LogP contribution >= 0.6 is 27.7 Å². The van der Waals surface area contributed by atoms with Gasteiger partial charge in [0, 0.05) is 21.8 Å². The van der Waals surface area contributed by atoms with Crippen molar-refractivity contribution in [2.75, 3.05) is 23.5 Å². The summed E-state index contributed by atoms with van der Waals surface area (Å²) in [6, 6.07) is 5.47. The van der Waals surface area contributed by atoms with Gasteiger partial charge < -0.3 is 10.6 Å². The van der Waals surface area contributed by atoms with Crippen LogP contribution in [0, 0.1) is 6.92 Å². The largest absolute Gasteiger partial charge is 0.346 e. The number of benzene rings is 1. The number of aryl methyl sites for hydroxylation is 1. The molecule has 1 aliphatic heterocycles. The van der Waals surface area contributed by atoms with Crippen molar-refractivity contribution >= 4 is 45.2 Å². The van der Waals surface area contributed by atoms with Gasteiger partial charge in [-0.15, -0.1) is 11.8 Å². The summed E-state index contributed by atoms with van der Waals surface area (Å²) in [6.45, 7) is 1.90. The van der Waals surface area contributed by atoms with Crippen LogP contribution in [0.2, 0.25) is 0 Å². The van der Waals surface area contributed by atoms with Gasteiger partial charge >= 0.3 is 0 Å². The predicted octanol–water partition coefficient (Wildman–Crippen LogP) is 1.47. The lowest BCUT2D eigenvalue weighted by atomic mass is 10.2. The average molecular weight is 358 g/mol. The molecule has 1 atom stereocenters. The van der Waals surface area contributed by atoms with E-state index in [1.807, 2.05) is 25.1 Å². The molecule has 1 heterocycles. The maximum absolute atomic E-state index is 11.8. The molecule has 0 bridgehead atoms. The van der Waals surface area contributed by atoms with Crippen LogP contribution in [0.3, 0.4) is 0 Å². The summed E-state index contributed by atoms with van der Waals surface area (Å²) in [4.78, 5) is 23.6. The average Bonchev–Trinajstić information content (AvgIpc) is 2.94. The van der Waals surface area contributed by atoms with Gasteiger partial charge in [-0.3, -0.25) is 14.9 Å². The number of anilines is 1. The smallest absolute Gasteiger partial charge is 0.243 e. The maximum Gasteiger partial charge on any atom is 0.243 e. The van der Waals surface area contributed by atoms with Crippen LogP contribution in [-0.2, 0) is 9.59 Å². The molecule has 3 N–H and O–H groups in total. The van der Waals surface area contributed by atoms with Gasteiger partial charge in [-0.2, -0.15) is 0 Å². The van der Waals surface area contributed by atoms with E-state index in [2.05, 4.69) is 31.9 Å². The van der Waals surface area contributed by atoms with Gasteiger partial charge in [-0.1, -0.05) is 22.0 Å². The molecule has 1 unspecified atom stereocenters. The summed E-state index contributed by atoms with van der Waals surface area (Å²) in [7, 11) is 0. The fourth-order valence-electron chi connectivity index (χ4n) is 1.78. The zero-order valence-corrected chi connectivity index (χ0v) is 13.4. The number of thioether (sulfide) groups is 1. The van der Waals surface area contributed by atoms with E-state index in [1.165, 1.54) is 0 Å². The highest BCUT2D eigenvalue weighted by atomic mass is 79.9. The highest BCUT2D eigenvalue weighted by Crippen LogP contribution is 2.20. The van der Waals surface area contributed by atoms with E-state index in [1.54, 1.807) is 11.8 Å². The Balaban J connectivity index is 1.83. The molecule has 2 rings (SSSR count). The van der Waals surface area contributed by atoms with Gasteiger partial charge in [0.15, 0.2) is 0 Å².